The van der Waals surface area contributed by atoms with Gasteiger partial charge in [0.15, 0.2) is 0 Å². The molecule has 1 N–H and O–H groups in total. The third-order valence-corrected chi connectivity index (χ3v) is 4.79. The number of aryl methyl sites for hydroxylation is 1. The number of methoxy groups -OCH3 is 2. The molecule has 0 unspecified atom stereocenters. The van der Waals surface area contributed by atoms with E-state index in [1.54, 1.807) is 25.3 Å². The number of carbonyl (C=O) groups excluding carboxylic acids is 1. The van der Waals surface area contributed by atoms with Crippen molar-refractivity contribution in [2.75, 3.05) is 26.1 Å². The summed E-state index contributed by atoms with van der Waals surface area (Å²) in [5.74, 6) is 1.58. The van der Waals surface area contributed by atoms with Crippen molar-refractivity contribution in [2.24, 2.45) is 0 Å². The van der Waals surface area contributed by atoms with Crippen LogP contribution in [0.4, 0.5) is 5.13 Å². The van der Waals surface area contributed by atoms with E-state index in [-0.39, 0.29) is 5.91 Å². The number of hydrogen-bond donors (Lipinski definition) is 1. The number of amides is 1. The summed E-state index contributed by atoms with van der Waals surface area (Å²) in [6, 6.07) is 14.7. The molecule has 1 heterocycles. The zero-order chi connectivity index (χ0) is 19.8. The summed E-state index contributed by atoms with van der Waals surface area (Å²) < 4.78 is 16.1. The number of benzene rings is 2. The standard InChI is InChI=1S/C20H21N3O4S/c1-25-15-10-11-16(17(13-15)26-2)19(24)21-20-23-22-18(28-20)9-6-12-27-14-7-4-3-5-8-14/h3-5,7-8,10-11,13H,6,9,12H2,1-2H3,(H,21,23,24). The zero-order valence-corrected chi connectivity index (χ0v) is 16.5. The van der Waals surface area contributed by atoms with Gasteiger partial charge in [0.2, 0.25) is 5.13 Å². The molecule has 0 saturated carbocycles. The SMILES string of the molecule is COc1ccc(C(=O)Nc2nnc(CCCOc3ccccc3)s2)c(OC)c1. The Morgan fingerprint density at radius 1 is 1.04 bits per heavy atom. The van der Waals surface area contributed by atoms with Gasteiger partial charge in [0.05, 0.1) is 26.4 Å². The summed E-state index contributed by atoms with van der Waals surface area (Å²) in [6.45, 7) is 0.592. The molecule has 1 amide bonds. The predicted octanol–water partition coefficient (Wildman–Crippen LogP) is 3.82. The van der Waals surface area contributed by atoms with Crippen molar-refractivity contribution in [2.45, 2.75) is 12.8 Å². The quantitative estimate of drug-likeness (QED) is 0.551. The first-order valence-electron chi connectivity index (χ1n) is 8.73. The average molecular weight is 399 g/mol. The van der Waals surface area contributed by atoms with Gasteiger partial charge < -0.3 is 14.2 Å². The van der Waals surface area contributed by atoms with Gasteiger partial charge in [-0.05, 0) is 30.7 Å². The van der Waals surface area contributed by atoms with Crippen LogP contribution in [-0.4, -0.2) is 36.9 Å². The number of ether oxygens (including phenoxy) is 3. The number of para-hydroxylation sites is 1. The molecule has 0 aliphatic rings. The third-order valence-electron chi connectivity index (χ3n) is 3.89. The van der Waals surface area contributed by atoms with Crippen LogP contribution in [0.15, 0.2) is 48.5 Å². The normalized spacial score (nSPS) is 10.4. The fourth-order valence-corrected chi connectivity index (χ4v) is 3.26. The Morgan fingerprint density at radius 2 is 1.86 bits per heavy atom. The second-order valence-electron chi connectivity index (χ2n) is 5.79. The minimum atomic E-state index is -0.311. The van der Waals surface area contributed by atoms with Gasteiger partial charge >= 0.3 is 0 Å². The Morgan fingerprint density at radius 3 is 2.61 bits per heavy atom. The summed E-state index contributed by atoms with van der Waals surface area (Å²) in [5.41, 5.74) is 0.399. The highest BCUT2D eigenvalue weighted by Crippen LogP contribution is 2.26. The fourth-order valence-electron chi connectivity index (χ4n) is 2.49. The lowest BCUT2D eigenvalue weighted by molar-refractivity contribution is 0.102. The Hall–Kier alpha value is -3.13. The molecule has 0 atom stereocenters. The van der Waals surface area contributed by atoms with Crippen LogP contribution in [0, 0.1) is 0 Å². The first-order chi connectivity index (χ1) is 13.7. The van der Waals surface area contributed by atoms with Gasteiger partial charge in [-0.2, -0.15) is 0 Å². The summed E-state index contributed by atoms with van der Waals surface area (Å²) in [7, 11) is 3.06. The van der Waals surface area contributed by atoms with Crippen LogP contribution in [0.5, 0.6) is 17.2 Å². The van der Waals surface area contributed by atoms with Crippen LogP contribution in [0.1, 0.15) is 21.8 Å². The number of anilines is 1. The van der Waals surface area contributed by atoms with Gasteiger partial charge in [0, 0.05) is 12.5 Å². The van der Waals surface area contributed by atoms with Crippen molar-refractivity contribution in [1.29, 1.82) is 0 Å². The van der Waals surface area contributed by atoms with Crippen molar-refractivity contribution in [1.82, 2.24) is 10.2 Å². The molecule has 0 spiro atoms. The largest absolute Gasteiger partial charge is 0.497 e. The molecule has 3 aromatic rings. The molecule has 146 valence electrons. The van der Waals surface area contributed by atoms with Crippen molar-refractivity contribution >= 4 is 22.4 Å². The van der Waals surface area contributed by atoms with E-state index in [0.29, 0.717) is 28.8 Å². The van der Waals surface area contributed by atoms with Gasteiger partial charge in [0.25, 0.3) is 5.91 Å². The number of carbonyl (C=O) groups is 1. The molecule has 0 aliphatic heterocycles. The van der Waals surface area contributed by atoms with E-state index < -0.39 is 0 Å². The molecule has 0 radical (unpaired) electrons. The molecule has 0 saturated heterocycles. The number of rotatable bonds is 9. The van der Waals surface area contributed by atoms with Gasteiger partial charge in [-0.1, -0.05) is 29.5 Å². The van der Waals surface area contributed by atoms with Crippen LogP contribution in [0.2, 0.25) is 0 Å². The lowest BCUT2D eigenvalue weighted by Gasteiger charge is -2.09. The second kappa shape index (κ2) is 9.70. The van der Waals surface area contributed by atoms with E-state index in [1.165, 1.54) is 18.4 Å². The second-order valence-corrected chi connectivity index (χ2v) is 6.85. The molecular weight excluding hydrogens is 378 g/mol. The highest BCUT2D eigenvalue weighted by molar-refractivity contribution is 7.15. The Balaban J connectivity index is 1.52. The van der Waals surface area contributed by atoms with Crippen LogP contribution in [0.3, 0.4) is 0 Å². The van der Waals surface area contributed by atoms with E-state index in [1.807, 2.05) is 30.3 Å². The van der Waals surface area contributed by atoms with Crippen molar-refractivity contribution in [3.05, 3.63) is 59.1 Å². The monoisotopic (exact) mass is 399 g/mol. The van der Waals surface area contributed by atoms with Gasteiger partial charge in [-0.15, -0.1) is 10.2 Å². The number of nitrogens with one attached hydrogen (secondary N) is 1. The maximum atomic E-state index is 12.5. The fraction of sp³-hybridized carbons (Fsp3) is 0.250. The van der Waals surface area contributed by atoms with E-state index in [4.69, 9.17) is 14.2 Å². The van der Waals surface area contributed by atoms with Crippen LogP contribution in [0.25, 0.3) is 0 Å². The molecule has 7 nitrogen and oxygen atoms in total. The van der Waals surface area contributed by atoms with Crippen LogP contribution >= 0.6 is 11.3 Å². The zero-order valence-electron chi connectivity index (χ0n) is 15.7. The molecule has 0 aliphatic carbocycles. The minimum absolute atomic E-state index is 0.311. The molecule has 8 heteroatoms. The van der Waals surface area contributed by atoms with Crippen LogP contribution < -0.4 is 19.5 Å². The van der Waals surface area contributed by atoms with E-state index in [0.717, 1.165) is 23.6 Å². The lowest BCUT2D eigenvalue weighted by atomic mass is 10.2. The Labute approximate surface area is 167 Å². The Kier molecular flexibility index (Phi) is 6.80. The van der Waals surface area contributed by atoms with Crippen molar-refractivity contribution in [3.8, 4) is 17.2 Å². The molecule has 2 aromatic carbocycles. The van der Waals surface area contributed by atoms with Crippen LogP contribution in [-0.2, 0) is 6.42 Å². The molecule has 0 bridgehead atoms. The van der Waals surface area contributed by atoms with Crippen molar-refractivity contribution in [3.63, 3.8) is 0 Å². The molecule has 0 fully saturated rings. The van der Waals surface area contributed by atoms with Crippen molar-refractivity contribution < 1.29 is 19.0 Å². The number of nitrogens with zero attached hydrogens (tertiary/aromatic N) is 2. The lowest BCUT2D eigenvalue weighted by Crippen LogP contribution is -2.13. The topological polar surface area (TPSA) is 82.6 Å². The predicted molar refractivity (Wildman–Crippen MR) is 108 cm³/mol. The minimum Gasteiger partial charge on any atom is -0.497 e. The van der Waals surface area contributed by atoms with Gasteiger partial charge in [-0.3, -0.25) is 10.1 Å². The first-order valence-corrected chi connectivity index (χ1v) is 9.55. The number of aromatic nitrogens is 2. The smallest absolute Gasteiger partial charge is 0.261 e. The first kappa shape index (κ1) is 19.6. The third kappa shape index (κ3) is 5.20. The summed E-state index contributed by atoms with van der Waals surface area (Å²) in [5, 5.41) is 12.2. The summed E-state index contributed by atoms with van der Waals surface area (Å²) in [6.07, 6.45) is 1.54. The highest BCUT2D eigenvalue weighted by atomic mass is 32.1. The summed E-state index contributed by atoms with van der Waals surface area (Å²) in [4.78, 5) is 12.5. The molecular formula is C20H21N3O4S. The molecule has 1 aromatic heterocycles. The van der Waals surface area contributed by atoms with E-state index in [9.17, 15) is 4.79 Å². The van der Waals surface area contributed by atoms with E-state index in [2.05, 4.69) is 15.5 Å². The molecule has 3 rings (SSSR count). The van der Waals surface area contributed by atoms with Gasteiger partial charge in [-0.25, -0.2) is 0 Å². The van der Waals surface area contributed by atoms with E-state index >= 15 is 0 Å². The summed E-state index contributed by atoms with van der Waals surface area (Å²) >= 11 is 1.35. The molecule has 28 heavy (non-hydrogen) atoms. The maximum absolute atomic E-state index is 12.5. The Bertz CT molecular complexity index is 915. The number of hydrogen-bond acceptors (Lipinski definition) is 7. The maximum Gasteiger partial charge on any atom is 0.261 e. The van der Waals surface area contributed by atoms with Gasteiger partial charge in [0.1, 0.15) is 22.3 Å². The highest BCUT2D eigenvalue weighted by Gasteiger charge is 2.15. The average Bonchev–Trinajstić information content (AvgIpc) is 3.18.